The lowest BCUT2D eigenvalue weighted by Crippen LogP contribution is -2.52. The van der Waals surface area contributed by atoms with Crippen LogP contribution in [0.5, 0.6) is 0 Å². The van der Waals surface area contributed by atoms with Gasteiger partial charge in [-0.15, -0.1) is 23.5 Å². The van der Waals surface area contributed by atoms with Crippen LogP contribution < -0.4 is 5.32 Å². The second-order valence-corrected chi connectivity index (χ2v) is 10.4. The summed E-state index contributed by atoms with van der Waals surface area (Å²) in [6, 6.07) is 15.3. The minimum Gasteiger partial charge on any atom is -0.445 e. The zero-order chi connectivity index (χ0) is 20.5. The maximum absolute atomic E-state index is 12.7. The van der Waals surface area contributed by atoms with Crippen molar-refractivity contribution in [2.75, 3.05) is 31.6 Å². The lowest BCUT2D eigenvalue weighted by atomic mass is 9.86. The third kappa shape index (κ3) is 4.23. The van der Waals surface area contributed by atoms with Crippen LogP contribution in [0.3, 0.4) is 0 Å². The minimum atomic E-state index is -0.256. The van der Waals surface area contributed by atoms with E-state index in [1.54, 1.807) is 11.8 Å². The highest BCUT2D eigenvalue weighted by Crippen LogP contribution is 2.39. The molecule has 4 nitrogen and oxygen atoms in total. The first kappa shape index (κ1) is 20.3. The summed E-state index contributed by atoms with van der Waals surface area (Å²) in [7, 11) is 0. The standard InChI is InChI=1S/C24H28N2O2S2/c1-29-19-4-2-3-17(13-19)18-5-6-20-21(9-12-30-23(20)14-18)25-24(27)28-22-15-26-10-7-16(22)8-11-26/h2-6,13-14,16,21-22H,7-12,15H2,1H3,(H,25,27)/t21?,22-/m0/s1. The Kier molecular flexibility index (Phi) is 5.98. The molecular weight excluding hydrogens is 412 g/mol. The van der Waals surface area contributed by atoms with E-state index in [9.17, 15) is 4.79 Å². The van der Waals surface area contributed by atoms with E-state index in [0.717, 1.165) is 44.6 Å². The van der Waals surface area contributed by atoms with Gasteiger partial charge in [0.15, 0.2) is 0 Å². The lowest BCUT2D eigenvalue weighted by Gasteiger charge is -2.44. The Bertz CT molecular complexity index is 927. The molecule has 2 aromatic carbocycles. The highest BCUT2D eigenvalue weighted by atomic mass is 32.2. The van der Waals surface area contributed by atoms with E-state index >= 15 is 0 Å². The predicted molar refractivity (Wildman–Crippen MR) is 124 cm³/mol. The highest BCUT2D eigenvalue weighted by molar-refractivity contribution is 7.99. The van der Waals surface area contributed by atoms with E-state index in [-0.39, 0.29) is 18.2 Å². The highest BCUT2D eigenvalue weighted by Gasteiger charge is 2.37. The third-order valence-corrected chi connectivity index (χ3v) is 8.43. The Morgan fingerprint density at radius 1 is 1.13 bits per heavy atom. The number of hydrogen-bond donors (Lipinski definition) is 1. The molecule has 0 radical (unpaired) electrons. The van der Waals surface area contributed by atoms with Crippen LogP contribution in [0.4, 0.5) is 4.79 Å². The molecule has 1 N–H and O–H groups in total. The van der Waals surface area contributed by atoms with Crippen LogP contribution in [0.25, 0.3) is 11.1 Å². The van der Waals surface area contributed by atoms with E-state index < -0.39 is 0 Å². The third-order valence-electron chi connectivity index (χ3n) is 6.60. The minimum absolute atomic E-state index is 0.0291. The van der Waals surface area contributed by atoms with Gasteiger partial charge in [0.05, 0.1) is 6.04 Å². The molecule has 158 valence electrons. The number of benzene rings is 2. The molecule has 2 atom stereocenters. The Labute approximate surface area is 187 Å². The summed E-state index contributed by atoms with van der Waals surface area (Å²) in [5.74, 6) is 1.54. The van der Waals surface area contributed by atoms with Crippen molar-refractivity contribution in [3.8, 4) is 11.1 Å². The molecule has 1 unspecified atom stereocenters. The van der Waals surface area contributed by atoms with Crippen molar-refractivity contribution in [1.82, 2.24) is 10.2 Å². The van der Waals surface area contributed by atoms with Crippen LogP contribution in [0.1, 0.15) is 30.9 Å². The molecule has 4 aliphatic heterocycles. The summed E-state index contributed by atoms with van der Waals surface area (Å²) in [5, 5.41) is 3.16. The molecule has 0 saturated carbocycles. The van der Waals surface area contributed by atoms with Crippen molar-refractivity contribution in [1.29, 1.82) is 0 Å². The molecule has 3 saturated heterocycles. The van der Waals surface area contributed by atoms with Crippen LogP contribution in [-0.4, -0.2) is 48.7 Å². The first-order valence-electron chi connectivity index (χ1n) is 10.8. The summed E-state index contributed by atoms with van der Waals surface area (Å²) < 4.78 is 5.86. The fourth-order valence-corrected chi connectivity index (χ4v) is 6.50. The normalized spacial score (nSPS) is 27.4. The first-order valence-corrected chi connectivity index (χ1v) is 13.0. The number of hydrogen-bond acceptors (Lipinski definition) is 5. The SMILES string of the molecule is CSc1cccc(-c2ccc3c(c2)SCCC3NC(=O)O[C@H]2CN3CCC2CC3)c1. The van der Waals surface area contributed by atoms with E-state index in [1.165, 1.54) is 26.5 Å². The van der Waals surface area contributed by atoms with Gasteiger partial charge in [-0.2, -0.15) is 0 Å². The Hall–Kier alpha value is -1.63. The molecule has 3 fully saturated rings. The number of amides is 1. The van der Waals surface area contributed by atoms with Crippen molar-refractivity contribution in [2.45, 2.75) is 41.2 Å². The number of ether oxygens (including phenoxy) is 1. The van der Waals surface area contributed by atoms with Crippen molar-refractivity contribution in [3.63, 3.8) is 0 Å². The van der Waals surface area contributed by atoms with Crippen molar-refractivity contribution >= 4 is 29.6 Å². The number of nitrogens with zero attached hydrogens (tertiary/aromatic N) is 1. The zero-order valence-electron chi connectivity index (χ0n) is 17.3. The molecule has 6 rings (SSSR count). The summed E-state index contributed by atoms with van der Waals surface area (Å²) in [4.78, 5) is 17.6. The molecular formula is C24H28N2O2S2. The Morgan fingerprint density at radius 2 is 1.97 bits per heavy atom. The average molecular weight is 441 g/mol. The topological polar surface area (TPSA) is 41.6 Å². The molecule has 4 heterocycles. The van der Waals surface area contributed by atoms with Gasteiger partial charge in [-0.3, -0.25) is 4.90 Å². The molecule has 30 heavy (non-hydrogen) atoms. The maximum Gasteiger partial charge on any atom is 0.407 e. The molecule has 1 amide bonds. The smallest absolute Gasteiger partial charge is 0.407 e. The maximum atomic E-state index is 12.7. The fourth-order valence-electron chi connectivity index (χ4n) is 4.88. The van der Waals surface area contributed by atoms with Gasteiger partial charge < -0.3 is 10.1 Å². The van der Waals surface area contributed by atoms with Crippen molar-refractivity contribution in [2.24, 2.45) is 5.92 Å². The van der Waals surface area contributed by atoms with Gasteiger partial charge in [-0.25, -0.2) is 4.79 Å². The second-order valence-electron chi connectivity index (χ2n) is 8.40. The van der Waals surface area contributed by atoms with Crippen molar-refractivity contribution in [3.05, 3.63) is 48.0 Å². The molecule has 2 aromatic rings. The quantitative estimate of drug-likeness (QED) is 0.642. The van der Waals surface area contributed by atoms with E-state index in [2.05, 4.69) is 58.9 Å². The molecule has 0 spiro atoms. The largest absolute Gasteiger partial charge is 0.445 e. The molecule has 0 aromatic heterocycles. The van der Waals surface area contributed by atoms with Crippen LogP contribution in [0.15, 0.2) is 52.3 Å². The molecule has 2 bridgehead atoms. The Balaban J connectivity index is 1.28. The van der Waals surface area contributed by atoms with E-state index in [0.29, 0.717) is 5.92 Å². The molecule has 6 heteroatoms. The number of thioether (sulfide) groups is 2. The van der Waals surface area contributed by atoms with Gasteiger partial charge in [0.1, 0.15) is 6.10 Å². The van der Waals surface area contributed by atoms with Gasteiger partial charge in [0.25, 0.3) is 0 Å². The number of carbonyl (C=O) groups is 1. The summed E-state index contributed by atoms with van der Waals surface area (Å²) in [6.45, 7) is 3.21. The number of carbonyl (C=O) groups excluding carboxylic acids is 1. The number of rotatable bonds is 4. The van der Waals surface area contributed by atoms with Crippen LogP contribution in [0, 0.1) is 5.92 Å². The van der Waals surface area contributed by atoms with Crippen LogP contribution in [0.2, 0.25) is 0 Å². The monoisotopic (exact) mass is 440 g/mol. The molecule has 0 aliphatic carbocycles. The first-order chi connectivity index (χ1) is 14.7. The van der Waals surface area contributed by atoms with Gasteiger partial charge in [0, 0.05) is 22.1 Å². The number of alkyl carbamates (subject to hydrolysis) is 1. The van der Waals surface area contributed by atoms with Crippen molar-refractivity contribution < 1.29 is 9.53 Å². The number of nitrogens with one attached hydrogen (secondary N) is 1. The molecule has 4 aliphatic rings. The summed E-state index contributed by atoms with van der Waals surface area (Å²) in [6.07, 6.45) is 5.15. The predicted octanol–water partition coefficient (Wildman–Crippen LogP) is 5.43. The number of fused-ring (bicyclic) bond motifs is 4. The number of piperidine rings is 3. The summed E-state index contributed by atoms with van der Waals surface area (Å²) >= 11 is 3.64. The zero-order valence-corrected chi connectivity index (χ0v) is 18.9. The van der Waals surface area contributed by atoms with Gasteiger partial charge in [-0.1, -0.05) is 24.3 Å². The lowest BCUT2D eigenvalue weighted by molar-refractivity contribution is -0.0339. The summed E-state index contributed by atoms with van der Waals surface area (Å²) in [5.41, 5.74) is 3.68. The van der Waals surface area contributed by atoms with Gasteiger partial charge >= 0.3 is 6.09 Å². The van der Waals surface area contributed by atoms with Gasteiger partial charge in [-0.05, 0) is 79.4 Å². The Morgan fingerprint density at radius 3 is 2.73 bits per heavy atom. The second kappa shape index (κ2) is 8.85. The van der Waals surface area contributed by atoms with Crippen LogP contribution >= 0.6 is 23.5 Å². The average Bonchev–Trinajstić information content (AvgIpc) is 2.80. The van der Waals surface area contributed by atoms with E-state index in [4.69, 9.17) is 4.74 Å². The van der Waals surface area contributed by atoms with Crippen LogP contribution in [-0.2, 0) is 4.74 Å². The van der Waals surface area contributed by atoms with E-state index in [1.807, 2.05) is 11.8 Å². The van der Waals surface area contributed by atoms with Gasteiger partial charge in [0.2, 0.25) is 0 Å². The fraction of sp³-hybridized carbons (Fsp3) is 0.458.